The molecule has 0 unspecified atom stereocenters. The van der Waals surface area contributed by atoms with E-state index >= 15 is 0 Å². The van der Waals surface area contributed by atoms with Gasteiger partial charge in [0, 0.05) is 5.57 Å². The molecule has 0 aliphatic heterocycles. The van der Waals surface area contributed by atoms with E-state index in [0.717, 1.165) is 0 Å². The van der Waals surface area contributed by atoms with Gasteiger partial charge in [0.15, 0.2) is 0 Å². The number of aliphatic carboxylic acids is 1. The van der Waals surface area contributed by atoms with Crippen molar-refractivity contribution in [2.45, 2.75) is 27.2 Å². The lowest BCUT2D eigenvalue weighted by molar-refractivity contribution is -0.137. The molecule has 0 fully saturated rings. The molecule has 0 radical (unpaired) electrons. The Morgan fingerprint density at radius 2 is 1.85 bits per heavy atom. The molecule has 4 heteroatoms. The lowest BCUT2D eigenvalue weighted by Crippen LogP contribution is -2.18. The summed E-state index contributed by atoms with van der Waals surface area (Å²) in [6.45, 7) is 5.62. The maximum absolute atomic E-state index is 10.8. The minimum atomic E-state index is -1.05. The van der Waals surface area contributed by atoms with Crippen molar-refractivity contribution in [2.24, 2.45) is 11.1 Å². The van der Waals surface area contributed by atoms with Crippen LogP contribution >= 0.6 is 0 Å². The van der Waals surface area contributed by atoms with Gasteiger partial charge in [-0.25, -0.2) is 0 Å². The first-order valence-electron chi connectivity index (χ1n) is 3.95. The highest BCUT2D eigenvalue weighted by molar-refractivity contribution is 5.96. The summed E-state index contributed by atoms with van der Waals surface area (Å²) in [6.07, 6.45) is 1.27. The Kier molecular flexibility index (Phi) is 3.66. The monoisotopic (exact) mass is 185 g/mol. The van der Waals surface area contributed by atoms with Gasteiger partial charge in [-0.15, -0.1) is 0 Å². The predicted molar refractivity (Wildman–Crippen MR) is 49.0 cm³/mol. The number of carboxylic acids is 1. The van der Waals surface area contributed by atoms with Crippen LogP contribution in [-0.2, 0) is 9.59 Å². The molecule has 0 aliphatic rings. The first kappa shape index (κ1) is 11.7. The lowest BCUT2D eigenvalue weighted by Gasteiger charge is -2.13. The number of allylic oxidation sites excluding steroid dienone is 1. The molecule has 0 aromatic rings. The molecule has 0 aliphatic carbocycles. The molecule has 0 atom stereocenters. The van der Waals surface area contributed by atoms with Crippen molar-refractivity contribution in [3.8, 4) is 0 Å². The van der Waals surface area contributed by atoms with Crippen LogP contribution in [0.15, 0.2) is 11.6 Å². The summed E-state index contributed by atoms with van der Waals surface area (Å²) in [7, 11) is 0. The molecule has 0 saturated carbocycles. The first-order valence-corrected chi connectivity index (χ1v) is 3.95. The Labute approximate surface area is 77.4 Å². The first-order chi connectivity index (χ1) is 5.72. The largest absolute Gasteiger partial charge is 0.481 e. The fourth-order valence-electron chi connectivity index (χ4n) is 0.895. The summed E-state index contributed by atoms with van der Waals surface area (Å²) in [6, 6.07) is 0. The smallest absolute Gasteiger partial charge is 0.308 e. The Hall–Kier alpha value is -1.32. The van der Waals surface area contributed by atoms with E-state index < -0.39 is 11.9 Å². The van der Waals surface area contributed by atoms with Crippen molar-refractivity contribution in [3.63, 3.8) is 0 Å². The number of carbonyl (C=O) groups excluding carboxylic acids is 1. The molecule has 0 aromatic carbocycles. The minimum absolute atomic E-state index is 0.153. The molecule has 3 N–H and O–H groups in total. The fourth-order valence-corrected chi connectivity index (χ4v) is 0.895. The summed E-state index contributed by atoms with van der Waals surface area (Å²) in [5, 5.41) is 8.48. The normalized spacial score (nSPS) is 12.7. The lowest BCUT2D eigenvalue weighted by atomic mass is 9.92. The molecule has 0 rings (SSSR count). The van der Waals surface area contributed by atoms with E-state index in [-0.39, 0.29) is 17.4 Å². The van der Waals surface area contributed by atoms with Gasteiger partial charge in [0.2, 0.25) is 5.91 Å². The van der Waals surface area contributed by atoms with Gasteiger partial charge in [-0.05, 0) is 5.41 Å². The van der Waals surface area contributed by atoms with E-state index in [1.165, 1.54) is 0 Å². The van der Waals surface area contributed by atoms with Crippen molar-refractivity contribution < 1.29 is 14.7 Å². The molecule has 0 bridgehead atoms. The highest BCUT2D eigenvalue weighted by Crippen LogP contribution is 2.18. The van der Waals surface area contributed by atoms with Crippen molar-refractivity contribution >= 4 is 11.9 Å². The van der Waals surface area contributed by atoms with Crippen LogP contribution in [0.2, 0.25) is 0 Å². The van der Waals surface area contributed by atoms with Gasteiger partial charge >= 0.3 is 5.97 Å². The Bertz CT molecular complexity index is 248. The second kappa shape index (κ2) is 4.07. The van der Waals surface area contributed by atoms with Crippen LogP contribution < -0.4 is 5.73 Å². The van der Waals surface area contributed by atoms with Gasteiger partial charge in [0.05, 0.1) is 6.42 Å². The van der Waals surface area contributed by atoms with Crippen molar-refractivity contribution in [1.82, 2.24) is 0 Å². The van der Waals surface area contributed by atoms with Gasteiger partial charge < -0.3 is 10.8 Å². The second-order valence-electron chi connectivity index (χ2n) is 3.97. The average Bonchev–Trinajstić information content (AvgIpc) is 1.81. The van der Waals surface area contributed by atoms with Crippen LogP contribution in [-0.4, -0.2) is 17.0 Å². The number of nitrogens with two attached hydrogens (primary N) is 1. The van der Waals surface area contributed by atoms with Crippen LogP contribution in [0.4, 0.5) is 0 Å². The predicted octanol–water partition coefficient (Wildman–Crippen LogP) is 0.919. The van der Waals surface area contributed by atoms with E-state index in [1.807, 2.05) is 20.8 Å². The molecule has 13 heavy (non-hydrogen) atoms. The SMILES string of the molecule is CC(C)(C)C=C(CC(=O)O)C(N)=O. The van der Waals surface area contributed by atoms with Crippen LogP contribution in [0.3, 0.4) is 0 Å². The number of primary amides is 1. The molecule has 0 spiro atoms. The third-order valence-electron chi connectivity index (χ3n) is 1.27. The van der Waals surface area contributed by atoms with E-state index in [0.29, 0.717) is 0 Å². The van der Waals surface area contributed by atoms with Gasteiger partial charge in [0.1, 0.15) is 0 Å². The summed E-state index contributed by atoms with van der Waals surface area (Å²) >= 11 is 0. The zero-order valence-electron chi connectivity index (χ0n) is 8.13. The van der Waals surface area contributed by atoms with Gasteiger partial charge in [-0.1, -0.05) is 26.8 Å². The summed E-state index contributed by atoms with van der Waals surface area (Å²) in [5.74, 6) is -1.72. The third kappa shape index (κ3) is 5.90. The molecule has 0 saturated heterocycles. The van der Waals surface area contributed by atoms with Crippen LogP contribution in [0, 0.1) is 5.41 Å². The van der Waals surface area contributed by atoms with Gasteiger partial charge in [0.25, 0.3) is 0 Å². The molecule has 1 amide bonds. The fraction of sp³-hybridized carbons (Fsp3) is 0.556. The maximum Gasteiger partial charge on any atom is 0.308 e. The maximum atomic E-state index is 10.8. The van der Waals surface area contributed by atoms with E-state index in [1.54, 1.807) is 6.08 Å². The topological polar surface area (TPSA) is 80.4 Å². The van der Waals surface area contributed by atoms with Crippen LogP contribution in [0.5, 0.6) is 0 Å². The van der Waals surface area contributed by atoms with Crippen LogP contribution in [0.1, 0.15) is 27.2 Å². The van der Waals surface area contributed by atoms with Crippen LogP contribution in [0.25, 0.3) is 0 Å². The molecule has 74 valence electrons. The third-order valence-corrected chi connectivity index (χ3v) is 1.27. The number of amides is 1. The Balaban J connectivity index is 4.71. The second-order valence-corrected chi connectivity index (χ2v) is 3.97. The van der Waals surface area contributed by atoms with Gasteiger partial charge in [-0.3, -0.25) is 9.59 Å². The zero-order chi connectivity index (χ0) is 10.6. The molecular weight excluding hydrogens is 170 g/mol. The minimum Gasteiger partial charge on any atom is -0.481 e. The number of rotatable bonds is 3. The summed E-state index contributed by atoms with van der Waals surface area (Å²) < 4.78 is 0. The van der Waals surface area contributed by atoms with Crippen molar-refractivity contribution in [2.75, 3.05) is 0 Å². The van der Waals surface area contributed by atoms with E-state index in [9.17, 15) is 9.59 Å². The van der Waals surface area contributed by atoms with E-state index in [4.69, 9.17) is 10.8 Å². The Morgan fingerprint density at radius 1 is 1.38 bits per heavy atom. The van der Waals surface area contributed by atoms with Gasteiger partial charge in [-0.2, -0.15) is 0 Å². The highest BCUT2D eigenvalue weighted by atomic mass is 16.4. The highest BCUT2D eigenvalue weighted by Gasteiger charge is 2.14. The molecule has 0 aromatic heterocycles. The quantitative estimate of drug-likeness (QED) is 0.641. The molecule has 0 heterocycles. The zero-order valence-corrected chi connectivity index (χ0v) is 8.13. The molecule has 4 nitrogen and oxygen atoms in total. The number of hydrogen-bond acceptors (Lipinski definition) is 2. The van der Waals surface area contributed by atoms with E-state index in [2.05, 4.69) is 0 Å². The summed E-state index contributed by atoms with van der Waals surface area (Å²) in [4.78, 5) is 21.2. The standard InChI is InChI=1S/C9H15NO3/c1-9(2,3)5-6(8(10)13)4-7(11)12/h5H,4H2,1-3H3,(H2,10,13)(H,11,12). The number of carbonyl (C=O) groups is 2. The van der Waals surface area contributed by atoms with Crippen molar-refractivity contribution in [1.29, 1.82) is 0 Å². The molecular formula is C9H15NO3. The number of hydrogen-bond donors (Lipinski definition) is 2. The summed E-state index contributed by atoms with van der Waals surface area (Å²) in [5.41, 5.74) is 4.94. The Morgan fingerprint density at radius 3 is 2.08 bits per heavy atom. The average molecular weight is 185 g/mol. The number of carboxylic acid groups (broad SMARTS) is 1. The van der Waals surface area contributed by atoms with Crippen molar-refractivity contribution in [3.05, 3.63) is 11.6 Å².